The molecule has 1 aliphatic carbocycles. The SMILES string of the molecule is Oc1ccc([C@H]2CNC[C@@H]3CCc4c(O)c(O)cc2c43)cc1. The Labute approximate surface area is 129 Å². The molecule has 0 aromatic heterocycles. The Balaban J connectivity index is 1.90. The van der Waals surface area contributed by atoms with Gasteiger partial charge in [-0.25, -0.2) is 0 Å². The van der Waals surface area contributed by atoms with E-state index in [1.807, 2.05) is 12.1 Å². The molecular formula is C18H19NO3. The second kappa shape index (κ2) is 4.92. The zero-order chi connectivity index (χ0) is 15.3. The molecule has 0 fully saturated rings. The molecule has 1 heterocycles. The first-order chi connectivity index (χ1) is 10.6. The van der Waals surface area contributed by atoms with Crippen LogP contribution in [0, 0.1) is 0 Å². The zero-order valence-electron chi connectivity index (χ0n) is 12.2. The summed E-state index contributed by atoms with van der Waals surface area (Å²) in [6.45, 7) is 1.69. The first-order valence-corrected chi connectivity index (χ1v) is 7.72. The second-order valence-electron chi connectivity index (χ2n) is 6.26. The minimum Gasteiger partial charge on any atom is -0.508 e. The maximum absolute atomic E-state index is 10.2. The largest absolute Gasteiger partial charge is 0.508 e. The molecule has 1 aliphatic heterocycles. The van der Waals surface area contributed by atoms with Crippen LogP contribution >= 0.6 is 0 Å². The van der Waals surface area contributed by atoms with E-state index in [4.69, 9.17) is 0 Å². The van der Waals surface area contributed by atoms with Gasteiger partial charge in [0.05, 0.1) is 0 Å². The predicted molar refractivity (Wildman–Crippen MR) is 83.7 cm³/mol. The van der Waals surface area contributed by atoms with Gasteiger partial charge in [-0.05, 0) is 53.6 Å². The van der Waals surface area contributed by atoms with Crippen molar-refractivity contribution in [3.63, 3.8) is 0 Å². The van der Waals surface area contributed by atoms with Crippen LogP contribution in [0.5, 0.6) is 17.2 Å². The molecule has 114 valence electrons. The quantitative estimate of drug-likeness (QED) is 0.610. The van der Waals surface area contributed by atoms with Crippen molar-refractivity contribution in [3.05, 3.63) is 52.6 Å². The van der Waals surface area contributed by atoms with Crippen molar-refractivity contribution < 1.29 is 15.3 Å². The van der Waals surface area contributed by atoms with Gasteiger partial charge in [-0.1, -0.05) is 12.1 Å². The van der Waals surface area contributed by atoms with Gasteiger partial charge >= 0.3 is 0 Å². The minimum atomic E-state index is -0.0277. The summed E-state index contributed by atoms with van der Waals surface area (Å²) < 4.78 is 0. The monoisotopic (exact) mass is 297 g/mol. The number of hydrogen-bond donors (Lipinski definition) is 4. The second-order valence-corrected chi connectivity index (χ2v) is 6.26. The van der Waals surface area contributed by atoms with E-state index in [1.54, 1.807) is 18.2 Å². The van der Waals surface area contributed by atoms with E-state index >= 15 is 0 Å². The van der Waals surface area contributed by atoms with Crippen molar-refractivity contribution >= 4 is 0 Å². The molecule has 4 nitrogen and oxygen atoms in total. The average molecular weight is 297 g/mol. The van der Waals surface area contributed by atoms with Crippen molar-refractivity contribution in [2.75, 3.05) is 13.1 Å². The summed E-state index contributed by atoms with van der Waals surface area (Å²) in [5, 5.41) is 33.3. The average Bonchev–Trinajstić information content (AvgIpc) is 2.85. The maximum atomic E-state index is 10.2. The number of benzene rings is 2. The molecule has 4 N–H and O–H groups in total. The summed E-state index contributed by atoms with van der Waals surface area (Å²) in [5.41, 5.74) is 4.32. The Morgan fingerprint density at radius 2 is 1.77 bits per heavy atom. The number of aromatic hydroxyl groups is 3. The summed E-state index contributed by atoms with van der Waals surface area (Å²) in [6.07, 6.45) is 1.83. The third-order valence-electron chi connectivity index (χ3n) is 5.02. The highest BCUT2D eigenvalue weighted by molar-refractivity contribution is 5.59. The summed E-state index contributed by atoms with van der Waals surface area (Å²) in [6, 6.07) is 8.95. The van der Waals surface area contributed by atoms with Gasteiger partial charge in [0.25, 0.3) is 0 Å². The third kappa shape index (κ3) is 1.95. The number of rotatable bonds is 1. The molecule has 0 saturated carbocycles. The first kappa shape index (κ1) is 13.5. The van der Waals surface area contributed by atoms with E-state index in [1.165, 1.54) is 5.56 Å². The lowest BCUT2D eigenvalue weighted by atomic mass is 9.85. The molecule has 0 radical (unpaired) electrons. The fourth-order valence-corrected chi connectivity index (χ4v) is 3.96. The van der Waals surface area contributed by atoms with E-state index in [9.17, 15) is 15.3 Å². The molecule has 2 atom stereocenters. The molecule has 0 amide bonds. The van der Waals surface area contributed by atoms with Crippen LogP contribution in [0.1, 0.15) is 40.5 Å². The van der Waals surface area contributed by atoms with E-state index in [0.29, 0.717) is 5.92 Å². The predicted octanol–water partition coefficient (Wildman–Crippen LogP) is 2.57. The van der Waals surface area contributed by atoms with Crippen LogP contribution in [0.2, 0.25) is 0 Å². The van der Waals surface area contributed by atoms with Crippen molar-refractivity contribution in [2.45, 2.75) is 24.7 Å². The number of nitrogens with one attached hydrogen (secondary N) is 1. The van der Waals surface area contributed by atoms with Gasteiger partial charge < -0.3 is 20.6 Å². The molecule has 2 aromatic rings. The van der Waals surface area contributed by atoms with Gasteiger partial charge in [-0.15, -0.1) is 0 Å². The summed E-state index contributed by atoms with van der Waals surface area (Å²) >= 11 is 0. The van der Waals surface area contributed by atoms with Gasteiger partial charge in [-0.2, -0.15) is 0 Å². The highest BCUT2D eigenvalue weighted by Gasteiger charge is 2.34. The molecule has 22 heavy (non-hydrogen) atoms. The van der Waals surface area contributed by atoms with Crippen molar-refractivity contribution in [1.82, 2.24) is 5.32 Å². The lowest BCUT2D eigenvalue weighted by Crippen LogP contribution is -2.22. The molecule has 2 aromatic carbocycles. The van der Waals surface area contributed by atoms with Gasteiger partial charge in [0, 0.05) is 24.6 Å². The van der Waals surface area contributed by atoms with Crippen LogP contribution in [-0.2, 0) is 6.42 Å². The number of phenols is 3. The van der Waals surface area contributed by atoms with Crippen LogP contribution in [0.3, 0.4) is 0 Å². The Morgan fingerprint density at radius 1 is 1.00 bits per heavy atom. The summed E-state index contributed by atoms with van der Waals surface area (Å²) in [5.74, 6) is 0.789. The normalized spacial score (nSPS) is 23.1. The van der Waals surface area contributed by atoms with E-state index in [2.05, 4.69) is 5.32 Å². The van der Waals surface area contributed by atoms with Crippen molar-refractivity contribution in [3.8, 4) is 17.2 Å². The van der Waals surface area contributed by atoms with E-state index in [-0.39, 0.29) is 23.2 Å². The fourth-order valence-electron chi connectivity index (χ4n) is 3.96. The first-order valence-electron chi connectivity index (χ1n) is 7.72. The molecule has 0 bridgehead atoms. The van der Waals surface area contributed by atoms with Crippen LogP contribution in [-0.4, -0.2) is 28.4 Å². The molecule has 0 spiro atoms. The highest BCUT2D eigenvalue weighted by Crippen LogP contribution is 2.48. The van der Waals surface area contributed by atoms with Crippen LogP contribution in [0.4, 0.5) is 0 Å². The van der Waals surface area contributed by atoms with Crippen LogP contribution < -0.4 is 5.32 Å². The zero-order valence-corrected chi connectivity index (χ0v) is 12.2. The Morgan fingerprint density at radius 3 is 2.55 bits per heavy atom. The summed E-state index contributed by atoms with van der Waals surface area (Å²) in [7, 11) is 0. The van der Waals surface area contributed by atoms with Gasteiger partial charge in [0.1, 0.15) is 5.75 Å². The topological polar surface area (TPSA) is 72.7 Å². The highest BCUT2D eigenvalue weighted by atomic mass is 16.3. The molecule has 4 heteroatoms. The molecule has 0 unspecified atom stereocenters. The van der Waals surface area contributed by atoms with Gasteiger partial charge in [-0.3, -0.25) is 0 Å². The number of hydrogen-bond acceptors (Lipinski definition) is 4. The van der Waals surface area contributed by atoms with Crippen molar-refractivity contribution in [2.24, 2.45) is 0 Å². The Bertz CT molecular complexity index is 724. The minimum absolute atomic E-state index is 0.0277. The van der Waals surface area contributed by atoms with Crippen LogP contribution in [0.25, 0.3) is 0 Å². The van der Waals surface area contributed by atoms with E-state index in [0.717, 1.165) is 42.6 Å². The Kier molecular flexibility index (Phi) is 3.01. The Hall–Kier alpha value is -2.20. The number of phenolic OH excluding ortho intramolecular Hbond substituents is 3. The van der Waals surface area contributed by atoms with E-state index < -0.39 is 0 Å². The fraction of sp³-hybridized carbons (Fsp3) is 0.333. The summed E-state index contributed by atoms with van der Waals surface area (Å²) in [4.78, 5) is 0. The maximum Gasteiger partial charge on any atom is 0.160 e. The van der Waals surface area contributed by atoms with Gasteiger partial charge in [0.15, 0.2) is 11.5 Å². The lowest BCUT2D eigenvalue weighted by molar-refractivity contribution is 0.399. The third-order valence-corrected chi connectivity index (χ3v) is 5.02. The lowest BCUT2D eigenvalue weighted by Gasteiger charge is -2.20. The van der Waals surface area contributed by atoms with Crippen LogP contribution in [0.15, 0.2) is 30.3 Å². The molecule has 0 saturated heterocycles. The standard InChI is InChI=1S/C18H19NO3/c20-12-4-1-10(2-5-12)15-9-19-8-11-3-6-13-17(11)14(15)7-16(21)18(13)22/h1-2,4-5,7,11,15,19-22H,3,6,8-9H2/t11-,15+/m0/s1. The molecule has 2 aliphatic rings. The van der Waals surface area contributed by atoms with Crippen molar-refractivity contribution in [1.29, 1.82) is 0 Å². The molecular weight excluding hydrogens is 278 g/mol. The molecule has 4 rings (SSSR count). The smallest absolute Gasteiger partial charge is 0.160 e. The van der Waals surface area contributed by atoms with Gasteiger partial charge in [0.2, 0.25) is 0 Å².